The van der Waals surface area contributed by atoms with Gasteiger partial charge in [0.1, 0.15) is 0 Å². The number of hydrogen-bond donors (Lipinski definition) is 1. The second kappa shape index (κ2) is 12.3. The second-order valence-corrected chi connectivity index (χ2v) is 10.2. The Morgan fingerprint density at radius 3 is 1.76 bits per heavy atom. The molecule has 0 saturated carbocycles. The van der Waals surface area contributed by atoms with Crippen LogP contribution in [0.2, 0.25) is 0 Å². The summed E-state index contributed by atoms with van der Waals surface area (Å²) in [4.78, 5) is 11.7. The van der Waals surface area contributed by atoms with Crippen LogP contribution in [0.3, 0.4) is 0 Å². The van der Waals surface area contributed by atoms with Gasteiger partial charge in [-0.2, -0.15) is 51.3 Å². The van der Waals surface area contributed by atoms with Crippen LogP contribution in [0.4, 0.5) is 43.9 Å². The molecule has 5 nitrogen and oxygen atoms in total. The van der Waals surface area contributed by atoms with E-state index in [1.165, 1.54) is 13.8 Å². The van der Waals surface area contributed by atoms with E-state index in [0.29, 0.717) is 11.8 Å². The quantitative estimate of drug-likeness (QED) is 0.180. The normalized spacial score (nSPS) is 15.1. The van der Waals surface area contributed by atoms with Crippen molar-refractivity contribution in [2.24, 2.45) is 5.92 Å². The summed E-state index contributed by atoms with van der Waals surface area (Å²) in [5, 5.41) is 2.19. The van der Waals surface area contributed by atoms with E-state index in [9.17, 15) is 61.7 Å². The van der Waals surface area contributed by atoms with Gasteiger partial charge >= 0.3 is 48.1 Å². The third-order valence-corrected chi connectivity index (χ3v) is 6.08. The molecule has 192 valence electrons. The predicted octanol–water partition coefficient (Wildman–Crippen LogP) is 1.35. The number of alkyl halides is 10. The molecule has 0 aromatic carbocycles. The van der Waals surface area contributed by atoms with Crippen molar-refractivity contribution in [2.45, 2.75) is 62.8 Å². The van der Waals surface area contributed by atoms with Gasteiger partial charge in [-0.25, -0.2) is 12.8 Å². The van der Waals surface area contributed by atoms with E-state index in [2.05, 4.69) is 5.32 Å². The van der Waals surface area contributed by atoms with Gasteiger partial charge < -0.3 is 9.87 Å². The molecule has 0 saturated heterocycles. The van der Waals surface area contributed by atoms with E-state index in [4.69, 9.17) is 0 Å². The van der Waals surface area contributed by atoms with Gasteiger partial charge in [-0.05, 0) is 26.0 Å². The van der Waals surface area contributed by atoms with Crippen LogP contribution in [0.25, 0.3) is 0 Å². The first-order chi connectivity index (χ1) is 13.9. The van der Waals surface area contributed by atoms with E-state index in [1.54, 1.807) is 0 Å². The van der Waals surface area contributed by atoms with Gasteiger partial charge in [0.25, 0.3) is 5.67 Å². The van der Waals surface area contributed by atoms with Crippen molar-refractivity contribution in [1.82, 2.24) is 5.32 Å². The summed E-state index contributed by atoms with van der Waals surface area (Å²) in [6.07, 6.45) is -23.3. The fraction of sp³-hybridized carbons (Fsp3) is 0.933. The molecule has 0 bridgehead atoms. The fourth-order valence-corrected chi connectivity index (χ4v) is 4.46. The van der Waals surface area contributed by atoms with Crippen LogP contribution < -0.4 is 34.9 Å². The molecule has 0 spiro atoms. The van der Waals surface area contributed by atoms with Crippen molar-refractivity contribution in [3.05, 3.63) is 0 Å². The molecule has 0 aliphatic rings. The van der Waals surface area contributed by atoms with Crippen LogP contribution in [0, 0.1) is 5.92 Å². The zero-order valence-corrected chi connectivity index (χ0v) is 21.2. The van der Waals surface area contributed by atoms with Gasteiger partial charge in [0.05, 0.1) is 21.8 Å². The Morgan fingerprint density at radius 1 is 0.939 bits per heavy atom. The summed E-state index contributed by atoms with van der Waals surface area (Å²) in [5.41, 5.74) is -7.50. The number of amides is 1. The average molecular weight is 555 g/mol. The van der Waals surface area contributed by atoms with E-state index >= 15 is 0 Å². The van der Waals surface area contributed by atoms with E-state index in [-0.39, 0.29) is 35.3 Å². The number of hydrogen-bond acceptors (Lipinski definition) is 5. The summed E-state index contributed by atoms with van der Waals surface area (Å²) in [7, 11) is -4.68. The van der Waals surface area contributed by atoms with Crippen molar-refractivity contribution in [2.75, 3.05) is 17.3 Å². The molecule has 0 rings (SSSR count). The Morgan fingerprint density at radius 2 is 1.39 bits per heavy atom. The van der Waals surface area contributed by atoms with E-state index < -0.39 is 82.4 Å². The minimum atomic E-state index is -6.61. The van der Waals surface area contributed by atoms with Crippen molar-refractivity contribution in [1.29, 1.82) is 0 Å². The van der Waals surface area contributed by atoms with Gasteiger partial charge in [0.2, 0.25) is 5.91 Å². The minimum absolute atomic E-state index is 0. The maximum atomic E-state index is 13.7. The number of carbonyl (C=O) groups excluding carboxylic acids is 1. The Kier molecular flexibility index (Phi) is 13.1. The molecule has 1 unspecified atom stereocenters. The predicted molar refractivity (Wildman–Crippen MR) is 93.5 cm³/mol. The summed E-state index contributed by atoms with van der Waals surface area (Å²) in [5.74, 6) is -5.86. The summed E-state index contributed by atoms with van der Waals surface area (Å²) < 4.78 is 160. The Balaban J connectivity index is 0. The second-order valence-electron chi connectivity index (χ2n) is 7.52. The van der Waals surface area contributed by atoms with Crippen molar-refractivity contribution in [3.8, 4) is 0 Å². The molecule has 0 aromatic rings. The average Bonchev–Trinajstić information content (AvgIpc) is 2.46. The van der Waals surface area contributed by atoms with E-state index in [1.807, 2.05) is 0 Å². The first-order valence-electron chi connectivity index (χ1n) is 8.63. The van der Waals surface area contributed by atoms with Crippen LogP contribution in [0.1, 0.15) is 33.1 Å². The number of rotatable bonds is 11. The zero-order chi connectivity index (χ0) is 25.8. The topological polar surface area (TPSA) is 86.3 Å². The standard InChI is InChI=1S/C15H21F10NO4S2.Na/c1-11(2,8-32(28,29)30)26-10(27)4-6-31-5-3-9(13(17,18)19)7-12(16,14(20,21)22)15(23,24)25;/h9H,3-8H2,1-2H3,(H,26,27)(H,28,29,30);/q;+1/p-1. The first kappa shape index (κ1) is 35.2. The summed E-state index contributed by atoms with van der Waals surface area (Å²) in [6.45, 7) is 2.43. The number of halogens is 10. The molecule has 1 N–H and O–H groups in total. The van der Waals surface area contributed by atoms with Crippen molar-refractivity contribution < 1.29 is 91.2 Å². The molecule has 1 amide bonds. The van der Waals surface area contributed by atoms with Crippen LogP contribution in [-0.2, 0) is 14.9 Å². The SMILES string of the molecule is CC(C)(CS(=O)(=O)[O-])NC(=O)CCSCCC(CC(F)(C(F)(F)F)C(F)(F)F)C(F)(F)F.[Na+]. The summed E-state index contributed by atoms with van der Waals surface area (Å²) in [6, 6.07) is 0. The molecule has 0 fully saturated rings. The molecule has 0 radical (unpaired) electrons. The fourth-order valence-electron chi connectivity index (χ4n) is 2.52. The number of carbonyl (C=O) groups is 1. The van der Waals surface area contributed by atoms with Crippen molar-refractivity contribution >= 4 is 27.8 Å². The molecule has 18 heteroatoms. The van der Waals surface area contributed by atoms with Crippen LogP contribution in [0.5, 0.6) is 0 Å². The van der Waals surface area contributed by atoms with Gasteiger partial charge in [-0.15, -0.1) is 0 Å². The molecule has 0 heterocycles. The number of thioether (sulfide) groups is 1. The van der Waals surface area contributed by atoms with Gasteiger partial charge in [0.15, 0.2) is 0 Å². The van der Waals surface area contributed by atoms with Crippen LogP contribution >= 0.6 is 11.8 Å². The first-order valence-corrected chi connectivity index (χ1v) is 11.4. The Bertz CT molecular complexity index is 724. The van der Waals surface area contributed by atoms with E-state index in [0.717, 1.165) is 0 Å². The monoisotopic (exact) mass is 555 g/mol. The van der Waals surface area contributed by atoms with Gasteiger partial charge in [-0.3, -0.25) is 4.79 Å². The summed E-state index contributed by atoms with van der Waals surface area (Å²) >= 11 is 0.580. The molecular weight excluding hydrogens is 535 g/mol. The Labute approximate surface area is 209 Å². The van der Waals surface area contributed by atoms with Crippen LogP contribution in [0.15, 0.2) is 0 Å². The largest absolute Gasteiger partial charge is 1.00 e. The smallest absolute Gasteiger partial charge is 0.748 e. The maximum absolute atomic E-state index is 13.7. The zero-order valence-electron chi connectivity index (χ0n) is 17.5. The molecule has 33 heavy (non-hydrogen) atoms. The van der Waals surface area contributed by atoms with Crippen molar-refractivity contribution in [3.63, 3.8) is 0 Å². The third kappa shape index (κ3) is 12.5. The molecular formula is C15H20F10NNaO4S2. The minimum Gasteiger partial charge on any atom is -0.748 e. The molecule has 0 aromatic heterocycles. The van der Waals surface area contributed by atoms with Gasteiger partial charge in [0, 0.05) is 24.1 Å². The van der Waals surface area contributed by atoms with Crippen LogP contribution in [-0.4, -0.2) is 65.9 Å². The molecule has 0 aliphatic carbocycles. The molecule has 0 aliphatic heterocycles. The van der Waals surface area contributed by atoms with Gasteiger partial charge in [-0.1, -0.05) is 0 Å². The Hall–Kier alpha value is 0.0300. The maximum Gasteiger partial charge on any atom is 1.00 e. The third-order valence-electron chi connectivity index (χ3n) is 3.99. The molecule has 1 atom stereocenters. The number of nitrogens with one attached hydrogen (secondary N) is 1.